The molecule has 1 heterocycles. The van der Waals surface area contributed by atoms with E-state index in [-0.39, 0.29) is 16.9 Å². The lowest BCUT2D eigenvalue weighted by atomic mass is 9.49. The maximum Gasteiger partial charge on any atom is 0.316 e. The Balaban J connectivity index is 1.34. The van der Waals surface area contributed by atoms with E-state index in [0.717, 1.165) is 32.1 Å². The average molecular weight is 464 g/mol. The first kappa shape index (κ1) is 23.5. The first-order valence-corrected chi connectivity index (χ1v) is 12.7. The summed E-state index contributed by atoms with van der Waals surface area (Å²) in [6, 6.07) is 4.20. The Bertz CT molecular complexity index is 1050. The van der Waals surface area contributed by atoms with E-state index in [0.29, 0.717) is 11.8 Å². The Morgan fingerprint density at radius 3 is 2.71 bits per heavy atom. The molecule has 34 heavy (non-hydrogen) atoms. The predicted octanol–water partition coefficient (Wildman–Crippen LogP) is 4.86. The molecule has 4 aliphatic rings. The van der Waals surface area contributed by atoms with Crippen LogP contribution in [0.15, 0.2) is 53.9 Å². The van der Waals surface area contributed by atoms with Gasteiger partial charge in [-0.25, -0.2) is 0 Å². The van der Waals surface area contributed by atoms with Crippen molar-refractivity contribution in [3.05, 3.63) is 59.5 Å². The van der Waals surface area contributed by atoms with Crippen LogP contribution in [0.4, 0.5) is 0 Å². The predicted molar refractivity (Wildman–Crippen MR) is 131 cm³/mol. The van der Waals surface area contributed by atoms with Gasteiger partial charge in [0.1, 0.15) is 11.5 Å². The van der Waals surface area contributed by atoms with Gasteiger partial charge < -0.3 is 14.9 Å². The molecule has 1 aromatic rings. The van der Waals surface area contributed by atoms with Crippen LogP contribution in [0.25, 0.3) is 5.57 Å². The van der Waals surface area contributed by atoms with Crippen LogP contribution in [0.3, 0.4) is 0 Å². The molecule has 0 spiro atoms. The second-order valence-corrected chi connectivity index (χ2v) is 11.6. The number of hydrogen-bond donors (Lipinski definition) is 2. The van der Waals surface area contributed by atoms with Crippen LogP contribution in [0.2, 0.25) is 0 Å². The molecule has 1 aromatic heterocycles. The molecular weight excluding hydrogens is 426 g/mol. The normalized spacial score (nSPS) is 34.7. The quantitative estimate of drug-likeness (QED) is 0.482. The average Bonchev–Trinajstić information content (AvgIpc) is 3.21. The van der Waals surface area contributed by atoms with Gasteiger partial charge in [0.05, 0.1) is 13.2 Å². The van der Waals surface area contributed by atoms with Gasteiger partial charge in [0.25, 0.3) is 0 Å². The zero-order valence-corrected chi connectivity index (χ0v) is 20.6. The van der Waals surface area contributed by atoms with Crippen LogP contribution in [-0.2, 0) is 9.53 Å². The number of aliphatic hydroxyl groups is 2. The summed E-state index contributed by atoms with van der Waals surface area (Å²) in [5.74, 6) is 0.647. The smallest absolute Gasteiger partial charge is 0.316 e. The summed E-state index contributed by atoms with van der Waals surface area (Å²) in [5.41, 5.74) is 4.60. The number of ether oxygens (including phenoxy) is 1. The molecule has 0 saturated heterocycles. The Morgan fingerprint density at radius 2 is 2.00 bits per heavy atom. The maximum atomic E-state index is 12.6. The summed E-state index contributed by atoms with van der Waals surface area (Å²) in [6.45, 7) is 5.56. The van der Waals surface area contributed by atoms with Gasteiger partial charge in [0, 0.05) is 24.2 Å². The summed E-state index contributed by atoms with van der Waals surface area (Å²) in [7, 11) is 0. The van der Waals surface area contributed by atoms with E-state index in [9.17, 15) is 15.0 Å². The first-order valence-electron chi connectivity index (χ1n) is 12.7. The largest absolute Gasteiger partial charge is 0.461 e. The van der Waals surface area contributed by atoms with Crippen molar-refractivity contribution >= 4 is 11.5 Å². The number of rotatable bonds is 5. The molecule has 0 radical (unpaired) electrons. The molecule has 0 bridgehead atoms. The molecule has 0 aliphatic heterocycles. The van der Waals surface area contributed by atoms with Crippen LogP contribution >= 0.6 is 0 Å². The fourth-order valence-corrected chi connectivity index (χ4v) is 7.15. The third kappa shape index (κ3) is 3.51. The Hall–Kier alpha value is -2.24. The minimum atomic E-state index is -1.24. The number of aromatic nitrogens is 1. The molecule has 2 saturated carbocycles. The molecule has 0 unspecified atom stereocenters. The van der Waals surface area contributed by atoms with Crippen LogP contribution in [0.1, 0.15) is 64.9 Å². The highest BCUT2D eigenvalue weighted by Crippen LogP contribution is 2.64. The van der Waals surface area contributed by atoms with Crippen LogP contribution in [-0.4, -0.2) is 40.5 Å². The number of aliphatic hydroxyl groups excluding tert-OH is 2. The van der Waals surface area contributed by atoms with Crippen molar-refractivity contribution < 1.29 is 19.7 Å². The van der Waals surface area contributed by atoms with Crippen molar-refractivity contribution in [3.63, 3.8) is 0 Å². The second kappa shape index (κ2) is 8.46. The number of hydrogen-bond acceptors (Lipinski definition) is 5. The molecule has 2 fully saturated rings. The highest BCUT2D eigenvalue weighted by atomic mass is 16.5. The van der Waals surface area contributed by atoms with Crippen molar-refractivity contribution in [1.82, 2.24) is 4.98 Å². The summed E-state index contributed by atoms with van der Waals surface area (Å²) in [4.78, 5) is 17.0. The standard InChI is InChI=1S/C29H37NO4/c1-27(17-31,18-32)26(33)34-21-10-12-28(2)20(15-21)6-7-22-24-9-8-23(19-5-4-14-30-16-19)29(24,3)13-11-25(22)28/h4-6,8-9,14,16,21-22,25,31-32H,7,10-13,15,17-18H2,1-3H3/t21-,22-,25-,28-,29+/m0/s1. The topological polar surface area (TPSA) is 79.7 Å². The van der Waals surface area contributed by atoms with Gasteiger partial charge in [-0.05, 0) is 73.5 Å². The molecule has 0 amide bonds. The summed E-state index contributed by atoms with van der Waals surface area (Å²) in [6.07, 6.45) is 16.7. The van der Waals surface area contributed by atoms with Crippen molar-refractivity contribution in [2.75, 3.05) is 13.2 Å². The lowest BCUT2D eigenvalue weighted by Crippen LogP contribution is -2.48. The highest BCUT2D eigenvalue weighted by molar-refractivity contribution is 5.78. The van der Waals surface area contributed by atoms with Gasteiger partial charge in [0.2, 0.25) is 0 Å². The Kier molecular flexibility index (Phi) is 5.84. The highest BCUT2D eigenvalue weighted by Gasteiger charge is 2.54. The third-order valence-electron chi connectivity index (χ3n) is 9.54. The van der Waals surface area contributed by atoms with Crippen LogP contribution in [0.5, 0.6) is 0 Å². The molecule has 4 aliphatic carbocycles. The van der Waals surface area contributed by atoms with E-state index < -0.39 is 24.6 Å². The van der Waals surface area contributed by atoms with Crippen molar-refractivity contribution in [2.45, 2.75) is 65.4 Å². The summed E-state index contributed by atoms with van der Waals surface area (Å²) < 4.78 is 5.79. The second-order valence-electron chi connectivity index (χ2n) is 11.6. The maximum absolute atomic E-state index is 12.6. The van der Waals surface area contributed by atoms with Gasteiger partial charge in [-0.15, -0.1) is 0 Å². The summed E-state index contributed by atoms with van der Waals surface area (Å²) >= 11 is 0. The van der Waals surface area contributed by atoms with Gasteiger partial charge in [-0.1, -0.05) is 49.3 Å². The number of carbonyl (C=O) groups excluding carboxylic acids is 1. The molecule has 5 atom stereocenters. The van der Waals surface area contributed by atoms with Crippen LogP contribution in [0, 0.1) is 28.1 Å². The molecule has 5 rings (SSSR count). The number of pyridine rings is 1. The number of fused-ring (bicyclic) bond motifs is 5. The fraction of sp³-hybridized carbons (Fsp3) is 0.586. The van der Waals surface area contributed by atoms with Gasteiger partial charge in [-0.3, -0.25) is 9.78 Å². The number of allylic oxidation sites excluding steroid dienone is 5. The third-order valence-corrected chi connectivity index (χ3v) is 9.54. The SMILES string of the molecule is CC(CO)(CO)C(=O)O[C@H]1CC[C@@]2(C)C(=CC[C@H]3C4=CC=C(c5cccnc5)[C@@]4(C)CC[C@@H]32)C1. The van der Waals surface area contributed by atoms with Gasteiger partial charge in [-0.2, -0.15) is 0 Å². The van der Waals surface area contributed by atoms with E-state index in [1.165, 1.54) is 23.1 Å². The van der Waals surface area contributed by atoms with Gasteiger partial charge >= 0.3 is 5.97 Å². The molecule has 182 valence electrons. The Morgan fingerprint density at radius 1 is 1.21 bits per heavy atom. The summed E-state index contributed by atoms with van der Waals surface area (Å²) in [5, 5.41) is 19.1. The van der Waals surface area contributed by atoms with Crippen molar-refractivity contribution in [3.8, 4) is 0 Å². The molecule has 5 heteroatoms. The monoisotopic (exact) mass is 463 g/mol. The van der Waals surface area contributed by atoms with E-state index in [1.54, 1.807) is 12.5 Å². The van der Waals surface area contributed by atoms with Crippen molar-refractivity contribution in [1.29, 1.82) is 0 Å². The van der Waals surface area contributed by atoms with E-state index >= 15 is 0 Å². The zero-order valence-electron chi connectivity index (χ0n) is 20.6. The molecule has 2 N–H and O–H groups in total. The van der Waals surface area contributed by atoms with Crippen molar-refractivity contribution in [2.24, 2.45) is 28.1 Å². The van der Waals surface area contributed by atoms with E-state index in [1.807, 2.05) is 18.5 Å². The zero-order chi connectivity index (χ0) is 24.1. The number of carbonyl (C=O) groups is 1. The van der Waals surface area contributed by atoms with Gasteiger partial charge in [0.15, 0.2) is 0 Å². The molecule has 0 aromatic carbocycles. The number of esters is 1. The minimum Gasteiger partial charge on any atom is -0.461 e. The lowest BCUT2D eigenvalue weighted by molar-refractivity contribution is -0.167. The Labute approximate surface area is 202 Å². The number of nitrogens with zero attached hydrogens (tertiary/aromatic N) is 1. The molecule has 5 nitrogen and oxygen atoms in total. The van der Waals surface area contributed by atoms with E-state index in [4.69, 9.17) is 4.74 Å². The minimum absolute atomic E-state index is 0.0810. The first-order chi connectivity index (χ1) is 16.2. The lowest BCUT2D eigenvalue weighted by Gasteiger charge is -2.56. The fourth-order valence-electron chi connectivity index (χ4n) is 7.15. The van der Waals surface area contributed by atoms with Crippen LogP contribution < -0.4 is 0 Å². The van der Waals surface area contributed by atoms with E-state index in [2.05, 4.69) is 43.1 Å². The molecular formula is C29H37NO4.